The fourth-order valence-corrected chi connectivity index (χ4v) is 6.22. The number of likely N-dealkylation sites (N-methyl/N-ethyl adjacent to an activating group) is 1. The summed E-state index contributed by atoms with van der Waals surface area (Å²) in [5.41, 5.74) is 2.64. The van der Waals surface area contributed by atoms with Crippen molar-refractivity contribution in [2.75, 3.05) is 44.4 Å². The molecule has 2 saturated heterocycles. The molecule has 0 bridgehead atoms. The standard InChI is InChI=1S/C29H36FN9O2/c1-17-10-12-37(2)16-24(17)39-11-6-9-23(39)27(40)33-21-8-5-7-18-19(13-31-26(18)21)25-20(30)14-32-29(35-25)34-22-15-38(3)36-28(22)41-4/h5,7-8,13-15,17,23-24,31H,6,9-12,16H2,1-4H3,(H,33,40)(H,32,34,35)/t17?,23-,24?/m1/s1. The second-order valence-electron chi connectivity index (χ2n) is 11.2. The molecule has 1 amide bonds. The molecule has 3 atom stereocenters. The zero-order valence-electron chi connectivity index (χ0n) is 23.8. The highest BCUT2D eigenvalue weighted by Crippen LogP contribution is 2.35. The Morgan fingerprint density at radius 1 is 1.20 bits per heavy atom. The van der Waals surface area contributed by atoms with Crippen LogP contribution in [0, 0.1) is 11.7 Å². The van der Waals surface area contributed by atoms with Crippen molar-refractivity contribution < 1.29 is 13.9 Å². The summed E-state index contributed by atoms with van der Waals surface area (Å²) in [6, 6.07) is 5.82. The number of anilines is 3. The second-order valence-corrected chi connectivity index (χ2v) is 11.2. The van der Waals surface area contributed by atoms with Crippen LogP contribution in [0.5, 0.6) is 5.88 Å². The number of hydrogen-bond acceptors (Lipinski definition) is 8. The van der Waals surface area contributed by atoms with Gasteiger partial charge in [0, 0.05) is 36.8 Å². The third-order valence-electron chi connectivity index (χ3n) is 8.35. The van der Waals surface area contributed by atoms with Crippen LogP contribution in [0.15, 0.2) is 36.8 Å². The number of nitrogens with zero attached hydrogens (tertiary/aromatic N) is 6. The number of hydrogen-bond donors (Lipinski definition) is 3. The molecule has 12 heteroatoms. The van der Waals surface area contributed by atoms with Crippen molar-refractivity contribution in [1.82, 2.24) is 34.5 Å². The summed E-state index contributed by atoms with van der Waals surface area (Å²) in [7, 11) is 5.45. The minimum Gasteiger partial charge on any atom is -0.478 e. The maximum atomic E-state index is 15.1. The van der Waals surface area contributed by atoms with E-state index in [0.29, 0.717) is 40.3 Å². The summed E-state index contributed by atoms with van der Waals surface area (Å²) in [5, 5.41) is 11.2. The van der Waals surface area contributed by atoms with Gasteiger partial charge in [0.25, 0.3) is 5.88 Å². The van der Waals surface area contributed by atoms with E-state index < -0.39 is 5.82 Å². The van der Waals surface area contributed by atoms with E-state index >= 15 is 4.39 Å². The monoisotopic (exact) mass is 561 g/mol. The van der Waals surface area contributed by atoms with Gasteiger partial charge < -0.3 is 25.3 Å². The van der Waals surface area contributed by atoms with Crippen molar-refractivity contribution >= 4 is 34.1 Å². The van der Waals surface area contributed by atoms with Crippen molar-refractivity contribution in [3.05, 3.63) is 42.6 Å². The summed E-state index contributed by atoms with van der Waals surface area (Å²) in [5.74, 6) is 0.569. The average Bonchev–Trinajstić information content (AvgIpc) is 3.70. The number of methoxy groups -OCH3 is 1. The molecule has 0 spiro atoms. The van der Waals surface area contributed by atoms with E-state index in [1.54, 1.807) is 24.1 Å². The lowest BCUT2D eigenvalue weighted by Crippen LogP contribution is -2.54. The van der Waals surface area contributed by atoms with E-state index in [1.165, 1.54) is 7.11 Å². The normalized spacial score (nSPS) is 21.8. The number of rotatable bonds is 7. The van der Waals surface area contributed by atoms with Gasteiger partial charge in [0.2, 0.25) is 11.9 Å². The number of likely N-dealkylation sites (tertiary alicyclic amines) is 2. The van der Waals surface area contributed by atoms with Crippen molar-refractivity contribution in [3.63, 3.8) is 0 Å². The van der Waals surface area contributed by atoms with E-state index in [0.717, 1.165) is 50.5 Å². The molecule has 0 saturated carbocycles. The Morgan fingerprint density at radius 3 is 2.88 bits per heavy atom. The van der Waals surface area contributed by atoms with E-state index in [4.69, 9.17) is 4.74 Å². The van der Waals surface area contributed by atoms with Gasteiger partial charge in [0.05, 0.1) is 36.7 Å². The van der Waals surface area contributed by atoms with E-state index in [-0.39, 0.29) is 23.6 Å². The van der Waals surface area contributed by atoms with Gasteiger partial charge in [-0.05, 0) is 51.4 Å². The van der Waals surface area contributed by atoms with Crippen molar-refractivity contribution in [1.29, 1.82) is 0 Å². The Bertz CT molecular complexity index is 1570. The van der Waals surface area contributed by atoms with Gasteiger partial charge in [-0.2, -0.15) is 0 Å². The molecule has 4 aromatic rings. The summed E-state index contributed by atoms with van der Waals surface area (Å²) in [4.78, 5) is 30.2. The van der Waals surface area contributed by atoms with Gasteiger partial charge in [0.1, 0.15) is 11.4 Å². The molecule has 11 nitrogen and oxygen atoms in total. The molecule has 0 radical (unpaired) electrons. The lowest BCUT2D eigenvalue weighted by molar-refractivity contribution is -0.121. The summed E-state index contributed by atoms with van der Waals surface area (Å²) >= 11 is 0. The fraction of sp³-hybridized carbons (Fsp3) is 0.448. The zero-order chi connectivity index (χ0) is 28.7. The predicted molar refractivity (Wildman–Crippen MR) is 156 cm³/mol. The lowest BCUT2D eigenvalue weighted by atomic mass is 9.92. The van der Waals surface area contributed by atoms with E-state index in [1.807, 2.05) is 18.2 Å². The number of para-hydroxylation sites is 1. The molecular formula is C29H36FN9O2. The largest absolute Gasteiger partial charge is 0.478 e. The van der Waals surface area contributed by atoms with Crippen LogP contribution in [-0.4, -0.2) is 86.3 Å². The molecule has 0 aliphatic carbocycles. The number of amides is 1. The highest BCUT2D eigenvalue weighted by Gasteiger charge is 2.39. The molecule has 3 N–H and O–H groups in total. The summed E-state index contributed by atoms with van der Waals surface area (Å²) < 4.78 is 21.9. The lowest BCUT2D eigenvalue weighted by Gasteiger charge is -2.42. The minimum atomic E-state index is -0.558. The van der Waals surface area contributed by atoms with Gasteiger partial charge in [-0.15, -0.1) is 5.10 Å². The van der Waals surface area contributed by atoms with Crippen LogP contribution < -0.4 is 15.4 Å². The number of carbonyl (C=O) groups is 1. The number of piperidine rings is 1. The zero-order valence-corrected chi connectivity index (χ0v) is 23.8. The smallest absolute Gasteiger partial charge is 0.256 e. The average molecular weight is 562 g/mol. The number of aryl methyl sites for hydroxylation is 1. The Hall–Kier alpha value is -4.03. The van der Waals surface area contributed by atoms with Crippen LogP contribution >= 0.6 is 0 Å². The number of fused-ring (bicyclic) bond motifs is 1. The maximum Gasteiger partial charge on any atom is 0.256 e. The first-order valence-corrected chi connectivity index (χ1v) is 14.0. The van der Waals surface area contributed by atoms with E-state index in [2.05, 4.69) is 54.5 Å². The maximum absolute atomic E-state index is 15.1. The van der Waals surface area contributed by atoms with Gasteiger partial charge >= 0.3 is 0 Å². The molecule has 2 aliphatic heterocycles. The molecular weight excluding hydrogens is 525 g/mol. The predicted octanol–water partition coefficient (Wildman–Crippen LogP) is 3.99. The molecule has 2 unspecified atom stereocenters. The number of halogens is 1. The second kappa shape index (κ2) is 11.1. The highest BCUT2D eigenvalue weighted by molar-refractivity contribution is 6.06. The molecule has 2 aliphatic rings. The Labute approximate surface area is 238 Å². The third kappa shape index (κ3) is 5.24. The van der Waals surface area contributed by atoms with Crippen LogP contribution in [0.2, 0.25) is 0 Å². The number of H-pyrrole nitrogens is 1. The first-order valence-electron chi connectivity index (χ1n) is 14.0. The first-order chi connectivity index (χ1) is 19.8. The topological polar surface area (TPSA) is 116 Å². The quantitative estimate of drug-likeness (QED) is 0.310. The Balaban J connectivity index is 1.25. The number of benzene rings is 1. The highest BCUT2D eigenvalue weighted by atomic mass is 19.1. The number of nitrogens with one attached hydrogen (secondary N) is 3. The molecule has 41 heavy (non-hydrogen) atoms. The molecule has 3 aromatic heterocycles. The van der Waals surface area contributed by atoms with Crippen LogP contribution in [0.3, 0.4) is 0 Å². The van der Waals surface area contributed by atoms with Crippen LogP contribution in [-0.2, 0) is 11.8 Å². The first kappa shape index (κ1) is 27.2. The van der Waals surface area contributed by atoms with E-state index in [9.17, 15) is 4.79 Å². The van der Waals surface area contributed by atoms with Crippen molar-refractivity contribution in [3.8, 4) is 17.1 Å². The van der Waals surface area contributed by atoms with Gasteiger partial charge in [0.15, 0.2) is 5.82 Å². The summed E-state index contributed by atoms with van der Waals surface area (Å²) in [6.45, 7) is 5.32. The number of ether oxygens (including phenoxy) is 1. The Kier molecular flexibility index (Phi) is 7.35. The van der Waals surface area contributed by atoms with Crippen LogP contribution in [0.1, 0.15) is 26.2 Å². The van der Waals surface area contributed by atoms with Crippen LogP contribution in [0.4, 0.5) is 21.7 Å². The number of carbonyl (C=O) groups excluding carboxylic acids is 1. The van der Waals surface area contributed by atoms with Crippen molar-refractivity contribution in [2.24, 2.45) is 13.0 Å². The third-order valence-corrected chi connectivity index (χ3v) is 8.35. The van der Waals surface area contributed by atoms with Gasteiger partial charge in [-0.1, -0.05) is 19.1 Å². The molecule has 216 valence electrons. The Morgan fingerprint density at radius 2 is 2.05 bits per heavy atom. The fourth-order valence-electron chi connectivity index (χ4n) is 6.22. The number of aromatic amines is 1. The molecule has 6 rings (SSSR count). The number of aromatic nitrogens is 5. The van der Waals surface area contributed by atoms with Crippen molar-refractivity contribution in [2.45, 2.75) is 38.3 Å². The SMILES string of the molecule is COc1nn(C)cc1Nc1ncc(F)c(-c2c[nH]c3c(NC(=O)[C@H]4CCCN4C4CN(C)CCC4C)cccc23)n1. The van der Waals surface area contributed by atoms with Gasteiger partial charge in [-0.3, -0.25) is 14.4 Å². The molecule has 2 fully saturated rings. The minimum absolute atomic E-state index is 0.00306. The molecule has 5 heterocycles. The summed E-state index contributed by atoms with van der Waals surface area (Å²) in [6.07, 6.45) is 7.57. The van der Waals surface area contributed by atoms with Gasteiger partial charge in [-0.25, -0.2) is 14.4 Å². The van der Waals surface area contributed by atoms with Crippen LogP contribution in [0.25, 0.3) is 22.2 Å². The molecule has 1 aromatic carbocycles.